The average Bonchev–Trinajstić information content (AvgIpc) is 2.55. The fraction of sp³-hybridized carbons (Fsp3) is 0.625. The molecule has 0 radical (unpaired) electrons. The Labute approximate surface area is 112 Å². The van der Waals surface area contributed by atoms with Gasteiger partial charge in [-0.2, -0.15) is 0 Å². The lowest BCUT2D eigenvalue weighted by Gasteiger charge is -2.34. The zero-order chi connectivity index (χ0) is 13.0. The largest absolute Gasteiger partial charge is 0.298 e. The van der Waals surface area contributed by atoms with E-state index in [4.69, 9.17) is 0 Å². The Morgan fingerprint density at radius 2 is 1.67 bits per heavy atom. The summed E-state index contributed by atoms with van der Waals surface area (Å²) in [5.41, 5.74) is 1.74. The normalized spacial score (nSPS) is 19.7. The summed E-state index contributed by atoms with van der Waals surface area (Å²) in [6.07, 6.45) is 1.28. The first-order valence-corrected chi connectivity index (χ1v) is 7.07. The molecule has 1 aliphatic heterocycles. The van der Waals surface area contributed by atoms with Crippen LogP contribution in [0.2, 0.25) is 0 Å². The molecule has 2 heteroatoms. The number of hydrogen-bond acceptors (Lipinski definition) is 2. The SMILES string of the molecule is CC(C)(C)N1CCCN(Cc2ccccc2)CC1. The standard InChI is InChI=1S/C16H26N2/c1-16(2,3)18-11-7-10-17(12-13-18)14-15-8-5-4-6-9-15/h4-6,8-9H,7,10-14H2,1-3H3. The maximum absolute atomic E-state index is 2.61. The minimum absolute atomic E-state index is 0.308. The van der Waals surface area contributed by atoms with E-state index >= 15 is 0 Å². The molecule has 0 spiro atoms. The molecule has 0 saturated carbocycles. The molecule has 1 aliphatic rings. The van der Waals surface area contributed by atoms with E-state index in [2.05, 4.69) is 60.9 Å². The van der Waals surface area contributed by atoms with Crippen molar-refractivity contribution < 1.29 is 0 Å². The first kappa shape index (κ1) is 13.6. The highest BCUT2D eigenvalue weighted by Gasteiger charge is 2.23. The van der Waals surface area contributed by atoms with E-state index in [0.717, 1.165) is 6.54 Å². The van der Waals surface area contributed by atoms with Gasteiger partial charge in [-0.15, -0.1) is 0 Å². The van der Waals surface area contributed by atoms with Crippen molar-refractivity contribution in [2.24, 2.45) is 0 Å². The first-order chi connectivity index (χ1) is 8.55. The molecule has 0 aliphatic carbocycles. The zero-order valence-electron chi connectivity index (χ0n) is 12.0. The maximum atomic E-state index is 2.61. The maximum Gasteiger partial charge on any atom is 0.0234 e. The number of benzene rings is 1. The second kappa shape index (κ2) is 5.85. The van der Waals surface area contributed by atoms with Crippen molar-refractivity contribution >= 4 is 0 Å². The van der Waals surface area contributed by atoms with Crippen molar-refractivity contribution in [1.29, 1.82) is 0 Å². The van der Waals surface area contributed by atoms with Crippen molar-refractivity contribution in [3.63, 3.8) is 0 Å². The van der Waals surface area contributed by atoms with Crippen molar-refractivity contribution in [3.05, 3.63) is 35.9 Å². The van der Waals surface area contributed by atoms with E-state index in [1.165, 1.54) is 38.2 Å². The third-order valence-corrected chi connectivity index (χ3v) is 3.79. The molecule has 0 bridgehead atoms. The van der Waals surface area contributed by atoms with Gasteiger partial charge >= 0.3 is 0 Å². The van der Waals surface area contributed by atoms with E-state index in [9.17, 15) is 0 Å². The summed E-state index contributed by atoms with van der Waals surface area (Å²) in [7, 11) is 0. The number of rotatable bonds is 2. The van der Waals surface area contributed by atoms with Crippen molar-refractivity contribution in [1.82, 2.24) is 9.80 Å². The highest BCUT2D eigenvalue weighted by molar-refractivity contribution is 5.14. The van der Waals surface area contributed by atoms with Crippen LogP contribution < -0.4 is 0 Å². The predicted octanol–water partition coefficient (Wildman–Crippen LogP) is 2.99. The second-order valence-corrected chi connectivity index (χ2v) is 6.27. The van der Waals surface area contributed by atoms with Crippen LogP contribution in [0.4, 0.5) is 0 Å². The lowest BCUT2D eigenvalue weighted by molar-refractivity contribution is 0.140. The van der Waals surface area contributed by atoms with Gasteiger partial charge in [-0.3, -0.25) is 9.80 Å². The van der Waals surface area contributed by atoms with Crippen molar-refractivity contribution in [3.8, 4) is 0 Å². The molecule has 0 aromatic heterocycles. The Bertz CT molecular complexity index is 353. The van der Waals surface area contributed by atoms with Gasteiger partial charge < -0.3 is 0 Å². The Morgan fingerprint density at radius 3 is 2.33 bits per heavy atom. The van der Waals surface area contributed by atoms with Crippen molar-refractivity contribution in [2.75, 3.05) is 26.2 Å². The van der Waals surface area contributed by atoms with Gasteiger partial charge in [0, 0.05) is 25.2 Å². The molecule has 0 atom stereocenters. The third kappa shape index (κ3) is 3.82. The van der Waals surface area contributed by atoms with E-state index in [-0.39, 0.29) is 0 Å². The van der Waals surface area contributed by atoms with Crippen LogP contribution in [0.15, 0.2) is 30.3 Å². The third-order valence-electron chi connectivity index (χ3n) is 3.79. The van der Waals surface area contributed by atoms with Gasteiger partial charge in [-0.1, -0.05) is 30.3 Å². The molecule has 1 heterocycles. The van der Waals surface area contributed by atoms with Gasteiger partial charge in [0.1, 0.15) is 0 Å². The molecular weight excluding hydrogens is 220 g/mol. The van der Waals surface area contributed by atoms with Crippen LogP contribution in [0.1, 0.15) is 32.8 Å². The molecule has 2 nitrogen and oxygen atoms in total. The van der Waals surface area contributed by atoms with E-state index in [0.29, 0.717) is 5.54 Å². The molecule has 0 unspecified atom stereocenters. The summed E-state index contributed by atoms with van der Waals surface area (Å²) in [4.78, 5) is 5.19. The van der Waals surface area contributed by atoms with Gasteiger partial charge in [0.25, 0.3) is 0 Å². The van der Waals surface area contributed by atoms with Crippen LogP contribution >= 0.6 is 0 Å². The molecule has 1 saturated heterocycles. The Hall–Kier alpha value is -0.860. The van der Waals surface area contributed by atoms with Crippen LogP contribution in [-0.4, -0.2) is 41.5 Å². The number of nitrogens with zero attached hydrogens (tertiary/aromatic N) is 2. The topological polar surface area (TPSA) is 6.48 Å². The minimum Gasteiger partial charge on any atom is -0.298 e. The smallest absolute Gasteiger partial charge is 0.0234 e. The molecule has 1 aromatic carbocycles. The molecular formula is C16H26N2. The van der Waals surface area contributed by atoms with Crippen LogP contribution in [0.25, 0.3) is 0 Å². The van der Waals surface area contributed by atoms with Crippen LogP contribution in [0, 0.1) is 0 Å². The Kier molecular flexibility index (Phi) is 4.41. The van der Waals surface area contributed by atoms with Gasteiger partial charge in [0.2, 0.25) is 0 Å². The molecule has 0 N–H and O–H groups in total. The summed E-state index contributed by atoms with van der Waals surface area (Å²) >= 11 is 0. The summed E-state index contributed by atoms with van der Waals surface area (Å²) in [6.45, 7) is 12.9. The molecule has 1 fully saturated rings. The van der Waals surface area contributed by atoms with Crippen LogP contribution in [-0.2, 0) is 6.54 Å². The minimum atomic E-state index is 0.308. The van der Waals surface area contributed by atoms with Crippen LogP contribution in [0.3, 0.4) is 0 Å². The average molecular weight is 246 g/mol. The van der Waals surface area contributed by atoms with Gasteiger partial charge in [0.15, 0.2) is 0 Å². The molecule has 1 aromatic rings. The summed E-state index contributed by atoms with van der Waals surface area (Å²) < 4.78 is 0. The Balaban J connectivity index is 1.90. The predicted molar refractivity (Wildman–Crippen MR) is 77.7 cm³/mol. The summed E-state index contributed by atoms with van der Waals surface area (Å²) in [5, 5.41) is 0. The lowest BCUT2D eigenvalue weighted by Crippen LogP contribution is -2.43. The fourth-order valence-corrected chi connectivity index (χ4v) is 2.64. The lowest BCUT2D eigenvalue weighted by atomic mass is 10.1. The monoisotopic (exact) mass is 246 g/mol. The van der Waals surface area contributed by atoms with E-state index in [1.807, 2.05) is 0 Å². The highest BCUT2D eigenvalue weighted by atomic mass is 15.2. The molecule has 0 amide bonds. The Morgan fingerprint density at radius 1 is 0.944 bits per heavy atom. The summed E-state index contributed by atoms with van der Waals surface area (Å²) in [5.74, 6) is 0. The van der Waals surface area contributed by atoms with E-state index < -0.39 is 0 Å². The van der Waals surface area contributed by atoms with E-state index in [1.54, 1.807) is 0 Å². The molecule has 2 rings (SSSR count). The van der Waals surface area contributed by atoms with Crippen LogP contribution in [0.5, 0.6) is 0 Å². The fourth-order valence-electron chi connectivity index (χ4n) is 2.64. The van der Waals surface area contributed by atoms with Gasteiger partial charge in [-0.25, -0.2) is 0 Å². The second-order valence-electron chi connectivity index (χ2n) is 6.27. The molecule has 18 heavy (non-hydrogen) atoms. The highest BCUT2D eigenvalue weighted by Crippen LogP contribution is 2.17. The van der Waals surface area contributed by atoms with Crippen molar-refractivity contribution in [2.45, 2.75) is 39.3 Å². The number of hydrogen-bond donors (Lipinski definition) is 0. The first-order valence-electron chi connectivity index (χ1n) is 7.07. The zero-order valence-corrected chi connectivity index (χ0v) is 12.0. The van der Waals surface area contributed by atoms with Gasteiger partial charge in [0.05, 0.1) is 0 Å². The summed E-state index contributed by atoms with van der Waals surface area (Å²) in [6, 6.07) is 10.8. The quantitative estimate of drug-likeness (QED) is 0.791. The van der Waals surface area contributed by atoms with Gasteiger partial charge in [-0.05, 0) is 45.8 Å². The molecule has 100 valence electrons.